The van der Waals surface area contributed by atoms with Gasteiger partial charge >= 0.3 is 5.97 Å². The van der Waals surface area contributed by atoms with E-state index < -0.39 is 22.0 Å². The molecule has 0 saturated heterocycles. The molecule has 9 heteroatoms. The van der Waals surface area contributed by atoms with E-state index in [1.165, 1.54) is 6.07 Å². The lowest BCUT2D eigenvalue weighted by Crippen LogP contribution is -2.42. The van der Waals surface area contributed by atoms with Crippen LogP contribution in [-0.2, 0) is 21.2 Å². The normalized spacial score (nSPS) is 14.3. The molecule has 0 aliphatic carbocycles. The van der Waals surface area contributed by atoms with Crippen LogP contribution in [0, 0.1) is 0 Å². The highest BCUT2D eigenvalue weighted by Crippen LogP contribution is 2.40. The van der Waals surface area contributed by atoms with Crippen molar-refractivity contribution in [2.45, 2.75) is 24.3 Å². The molecule has 4 aromatic rings. The fourth-order valence-corrected chi connectivity index (χ4v) is 5.91. The predicted molar refractivity (Wildman–Crippen MR) is 125 cm³/mol. The predicted octanol–water partition coefficient (Wildman–Crippen LogP) is 3.28. The number of carboxylic acids is 1. The minimum Gasteiger partial charge on any atom is -0.480 e. The molecule has 3 aromatic carbocycles. The first kappa shape index (κ1) is 21.2. The van der Waals surface area contributed by atoms with E-state index in [4.69, 9.17) is 0 Å². The maximum absolute atomic E-state index is 13.3. The van der Waals surface area contributed by atoms with Crippen LogP contribution >= 0.6 is 0 Å². The number of para-hydroxylation sites is 1. The summed E-state index contributed by atoms with van der Waals surface area (Å²) >= 11 is 0. The van der Waals surface area contributed by atoms with Gasteiger partial charge in [0, 0.05) is 46.4 Å². The first-order chi connectivity index (χ1) is 15.8. The summed E-state index contributed by atoms with van der Waals surface area (Å²) in [6.45, 7) is 2.31. The summed E-state index contributed by atoms with van der Waals surface area (Å²) in [6, 6.07) is 14.0. The number of carboxylic acid groups (broad SMARTS) is 1. The van der Waals surface area contributed by atoms with Gasteiger partial charge in [0.2, 0.25) is 10.0 Å². The van der Waals surface area contributed by atoms with E-state index >= 15 is 0 Å². The van der Waals surface area contributed by atoms with Crippen LogP contribution in [0.2, 0.25) is 0 Å². The molecule has 1 amide bonds. The van der Waals surface area contributed by atoms with Crippen LogP contribution in [0.3, 0.4) is 0 Å². The summed E-state index contributed by atoms with van der Waals surface area (Å²) in [5, 5.41) is 11.6. The number of hydrogen-bond donors (Lipinski definition) is 3. The molecule has 33 heavy (non-hydrogen) atoms. The molecule has 1 aliphatic heterocycles. The molecule has 168 valence electrons. The molecule has 2 heterocycles. The van der Waals surface area contributed by atoms with E-state index in [-0.39, 0.29) is 17.2 Å². The number of hydrogen-bond acceptors (Lipinski definition) is 4. The standard InChI is InChI=1S/C24H21N3O5S/c1-2-27-20-10-11-21(16-7-5-8-17(22(16)20)23(27)28)33(31,32)26-19(24(29)30)12-14-13-25-18-9-4-3-6-15(14)18/h3-11,13,19,25-26H,2,12H2,1H3,(H,29,30)/t19-/m0/s1. The van der Waals surface area contributed by atoms with Crippen LogP contribution in [0.1, 0.15) is 22.8 Å². The van der Waals surface area contributed by atoms with Crippen molar-refractivity contribution in [2.75, 3.05) is 11.4 Å². The molecule has 8 nitrogen and oxygen atoms in total. The highest BCUT2D eigenvalue weighted by atomic mass is 32.2. The number of carbonyl (C=O) groups is 2. The molecule has 0 radical (unpaired) electrons. The molecule has 0 fully saturated rings. The second kappa shape index (κ2) is 7.72. The third-order valence-corrected chi connectivity index (χ3v) is 7.58. The summed E-state index contributed by atoms with van der Waals surface area (Å²) < 4.78 is 29.1. The third kappa shape index (κ3) is 3.37. The van der Waals surface area contributed by atoms with Crippen LogP contribution in [-0.4, -0.2) is 43.0 Å². The SMILES string of the molecule is CCN1C(=O)c2cccc3c(S(=O)(=O)N[C@@H](Cc4c[nH]c5ccccc45)C(=O)O)ccc1c23. The monoisotopic (exact) mass is 463 g/mol. The molecule has 1 aliphatic rings. The van der Waals surface area contributed by atoms with E-state index in [1.807, 2.05) is 31.2 Å². The molecular formula is C24H21N3O5S. The van der Waals surface area contributed by atoms with Crippen molar-refractivity contribution in [1.82, 2.24) is 9.71 Å². The summed E-state index contributed by atoms with van der Waals surface area (Å²) in [5.41, 5.74) is 2.64. The Morgan fingerprint density at radius 3 is 2.61 bits per heavy atom. The molecule has 0 saturated carbocycles. The Labute approximate surface area is 189 Å². The Hall–Kier alpha value is -3.69. The molecule has 1 aromatic heterocycles. The van der Waals surface area contributed by atoms with Gasteiger partial charge in [-0.2, -0.15) is 4.72 Å². The van der Waals surface area contributed by atoms with Crippen molar-refractivity contribution in [1.29, 1.82) is 0 Å². The fourth-order valence-electron chi connectivity index (χ4n) is 4.52. The van der Waals surface area contributed by atoms with Crippen molar-refractivity contribution in [3.05, 3.63) is 71.9 Å². The largest absolute Gasteiger partial charge is 0.480 e. The van der Waals surface area contributed by atoms with Gasteiger partial charge in [-0.25, -0.2) is 8.42 Å². The van der Waals surface area contributed by atoms with Gasteiger partial charge in [-0.1, -0.05) is 30.3 Å². The zero-order valence-electron chi connectivity index (χ0n) is 17.7. The average Bonchev–Trinajstić information content (AvgIpc) is 3.33. The number of aliphatic carboxylic acids is 1. The number of anilines is 1. The average molecular weight is 464 g/mol. The number of aromatic amines is 1. The van der Waals surface area contributed by atoms with Crippen LogP contribution in [0.4, 0.5) is 5.69 Å². The zero-order chi connectivity index (χ0) is 23.3. The van der Waals surface area contributed by atoms with Crippen molar-refractivity contribution in [3.8, 4) is 0 Å². The van der Waals surface area contributed by atoms with E-state index in [0.29, 0.717) is 34.1 Å². The minimum absolute atomic E-state index is 0.0259. The number of aromatic nitrogens is 1. The lowest BCUT2D eigenvalue weighted by molar-refractivity contribution is -0.138. The van der Waals surface area contributed by atoms with Gasteiger partial charge in [-0.3, -0.25) is 9.59 Å². The fraction of sp³-hybridized carbons (Fsp3) is 0.167. The molecule has 3 N–H and O–H groups in total. The zero-order valence-corrected chi connectivity index (χ0v) is 18.5. The van der Waals surface area contributed by atoms with Gasteiger partial charge in [-0.05, 0) is 36.8 Å². The number of H-pyrrole nitrogens is 1. The number of nitrogens with one attached hydrogen (secondary N) is 2. The number of carbonyl (C=O) groups excluding carboxylic acids is 1. The lowest BCUT2D eigenvalue weighted by Gasteiger charge is -2.17. The summed E-state index contributed by atoms with van der Waals surface area (Å²) in [6.07, 6.45) is 1.67. The first-order valence-corrected chi connectivity index (χ1v) is 12.0. The smallest absolute Gasteiger partial charge is 0.322 e. The van der Waals surface area contributed by atoms with Gasteiger partial charge < -0.3 is 15.0 Å². The Bertz CT molecular complexity index is 1540. The van der Waals surface area contributed by atoms with E-state index in [9.17, 15) is 23.1 Å². The Balaban J connectivity index is 1.54. The van der Waals surface area contributed by atoms with Crippen LogP contribution in [0.25, 0.3) is 21.7 Å². The Kier molecular flexibility index (Phi) is 4.95. The van der Waals surface area contributed by atoms with Crippen molar-refractivity contribution in [2.24, 2.45) is 0 Å². The van der Waals surface area contributed by atoms with Crippen molar-refractivity contribution < 1.29 is 23.1 Å². The summed E-state index contributed by atoms with van der Waals surface area (Å²) in [7, 11) is -4.21. The number of amides is 1. The van der Waals surface area contributed by atoms with Crippen LogP contribution in [0.5, 0.6) is 0 Å². The summed E-state index contributed by atoms with van der Waals surface area (Å²) in [4.78, 5) is 29.3. The lowest BCUT2D eigenvalue weighted by atomic mass is 10.1. The number of rotatable bonds is 7. The highest BCUT2D eigenvalue weighted by molar-refractivity contribution is 7.89. The van der Waals surface area contributed by atoms with Gasteiger partial charge in [0.25, 0.3) is 5.91 Å². The van der Waals surface area contributed by atoms with E-state index in [2.05, 4.69) is 9.71 Å². The van der Waals surface area contributed by atoms with Gasteiger partial charge in [0.15, 0.2) is 0 Å². The Morgan fingerprint density at radius 2 is 1.85 bits per heavy atom. The second-order valence-corrected chi connectivity index (χ2v) is 9.62. The van der Waals surface area contributed by atoms with Crippen molar-refractivity contribution in [3.63, 3.8) is 0 Å². The maximum atomic E-state index is 13.3. The van der Waals surface area contributed by atoms with Crippen molar-refractivity contribution >= 4 is 49.3 Å². The van der Waals surface area contributed by atoms with E-state index in [0.717, 1.165) is 10.9 Å². The maximum Gasteiger partial charge on any atom is 0.322 e. The molecule has 0 unspecified atom stereocenters. The number of sulfonamides is 1. The first-order valence-electron chi connectivity index (χ1n) is 10.5. The summed E-state index contributed by atoms with van der Waals surface area (Å²) in [5.74, 6) is -1.45. The minimum atomic E-state index is -4.21. The van der Waals surface area contributed by atoms with Gasteiger partial charge in [0.1, 0.15) is 6.04 Å². The Morgan fingerprint density at radius 1 is 1.09 bits per heavy atom. The molecular weight excluding hydrogens is 442 g/mol. The second-order valence-electron chi connectivity index (χ2n) is 7.94. The number of nitrogens with zero attached hydrogens (tertiary/aromatic N) is 1. The third-order valence-electron chi connectivity index (χ3n) is 6.05. The van der Waals surface area contributed by atoms with Crippen LogP contribution in [0.15, 0.2) is 65.7 Å². The molecule has 1 atom stereocenters. The number of benzene rings is 3. The molecule has 5 rings (SSSR count). The molecule has 0 spiro atoms. The van der Waals surface area contributed by atoms with Gasteiger partial charge in [0.05, 0.1) is 10.6 Å². The van der Waals surface area contributed by atoms with E-state index in [1.54, 1.807) is 35.4 Å². The highest BCUT2D eigenvalue weighted by Gasteiger charge is 2.33. The molecule has 0 bridgehead atoms. The number of fused-ring (bicyclic) bond motifs is 1. The quantitative estimate of drug-likeness (QED) is 0.389. The topological polar surface area (TPSA) is 120 Å². The van der Waals surface area contributed by atoms with Crippen LogP contribution < -0.4 is 9.62 Å². The van der Waals surface area contributed by atoms with Gasteiger partial charge in [-0.15, -0.1) is 0 Å².